The molecule has 144 valence electrons. The molecule has 1 fully saturated rings. The van der Waals surface area contributed by atoms with Crippen LogP contribution in [0.4, 0.5) is 0 Å². The molecule has 1 unspecified atom stereocenters. The molecule has 2 aliphatic rings. The fourth-order valence-corrected chi connectivity index (χ4v) is 4.21. The highest BCUT2D eigenvalue weighted by molar-refractivity contribution is 5.72. The maximum atomic E-state index is 10.4. The largest absolute Gasteiger partial charge is 0.390 e. The molecule has 3 rings (SSSR count). The van der Waals surface area contributed by atoms with Gasteiger partial charge < -0.3 is 5.11 Å². The molecule has 1 atom stereocenters. The molecule has 0 aromatic heterocycles. The molecule has 1 nitrogen and oxygen atoms in total. The number of hydrogen-bond acceptors (Lipinski definition) is 1. The van der Waals surface area contributed by atoms with E-state index in [1.165, 1.54) is 53.5 Å². The molecule has 1 aromatic rings. The maximum absolute atomic E-state index is 10.4. The summed E-state index contributed by atoms with van der Waals surface area (Å²) in [5.74, 6) is 1.14. The second kappa shape index (κ2) is 8.57. The smallest absolute Gasteiger partial charge is 0.0626 e. The lowest BCUT2D eigenvalue weighted by atomic mass is 9.88. The molecule has 0 radical (unpaired) electrons. The van der Waals surface area contributed by atoms with Crippen LogP contribution in [0, 0.1) is 18.8 Å². The molecular weight excluding hydrogens is 316 g/mol. The first-order chi connectivity index (χ1) is 12.3. The highest BCUT2D eigenvalue weighted by Gasteiger charge is 2.34. The minimum atomic E-state index is -0.614. The van der Waals surface area contributed by atoms with Crippen molar-refractivity contribution in [1.29, 1.82) is 0 Å². The summed E-state index contributed by atoms with van der Waals surface area (Å²) in [7, 11) is 0. The number of rotatable bonds is 6. The standard InChI is InChI=1S/C23H32O.C2H6/c1-6-8-18(17-9-10-17)13-21-15(3)22-14-20(23(4,5)24)12-19(22)11-16(21)7-2;1-2/h7,11,13,17,20,24H,2,6,8-10,12,14H2,1,3-5H3;1-2H3/b18-13+;. The average Bonchev–Trinajstić information content (AvgIpc) is 3.35. The molecular formula is C25H38O. The van der Waals surface area contributed by atoms with Gasteiger partial charge in [0.1, 0.15) is 0 Å². The number of benzene rings is 1. The Labute approximate surface area is 161 Å². The summed E-state index contributed by atoms with van der Waals surface area (Å²) in [4.78, 5) is 0. The predicted molar refractivity (Wildman–Crippen MR) is 115 cm³/mol. The topological polar surface area (TPSA) is 20.2 Å². The third kappa shape index (κ3) is 4.49. The molecule has 0 aliphatic heterocycles. The van der Waals surface area contributed by atoms with Crippen LogP contribution in [-0.4, -0.2) is 10.7 Å². The molecule has 2 aliphatic carbocycles. The van der Waals surface area contributed by atoms with Crippen molar-refractivity contribution >= 4 is 12.2 Å². The van der Waals surface area contributed by atoms with Crippen LogP contribution < -0.4 is 0 Å². The molecule has 1 heteroatoms. The van der Waals surface area contributed by atoms with Crippen LogP contribution in [0.1, 0.15) is 88.1 Å². The Hall–Kier alpha value is -1.34. The van der Waals surface area contributed by atoms with Crippen molar-refractivity contribution in [2.75, 3.05) is 0 Å². The van der Waals surface area contributed by atoms with Gasteiger partial charge in [0.05, 0.1) is 5.60 Å². The summed E-state index contributed by atoms with van der Waals surface area (Å²) in [5.41, 5.74) is 7.93. The summed E-state index contributed by atoms with van der Waals surface area (Å²) in [6.45, 7) is 16.5. The molecule has 1 saturated carbocycles. The Kier molecular flexibility index (Phi) is 6.91. The van der Waals surface area contributed by atoms with E-state index in [4.69, 9.17) is 0 Å². The van der Waals surface area contributed by atoms with Crippen LogP contribution in [0.25, 0.3) is 12.2 Å². The summed E-state index contributed by atoms with van der Waals surface area (Å²) in [5, 5.41) is 10.4. The van der Waals surface area contributed by atoms with Gasteiger partial charge in [0.2, 0.25) is 0 Å². The lowest BCUT2D eigenvalue weighted by Crippen LogP contribution is -2.31. The van der Waals surface area contributed by atoms with Crippen molar-refractivity contribution in [3.8, 4) is 0 Å². The van der Waals surface area contributed by atoms with Crippen molar-refractivity contribution in [3.05, 3.63) is 46.0 Å². The van der Waals surface area contributed by atoms with E-state index < -0.39 is 5.60 Å². The summed E-state index contributed by atoms with van der Waals surface area (Å²) in [6.07, 6.45) is 11.6. The van der Waals surface area contributed by atoms with Gasteiger partial charge in [-0.2, -0.15) is 0 Å². The van der Waals surface area contributed by atoms with E-state index in [2.05, 4.69) is 32.6 Å². The van der Waals surface area contributed by atoms with Crippen LogP contribution >= 0.6 is 0 Å². The summed E-state index contributed by atoms with van der Waals surface area (Å²) >= 11 is 0. The third-order valence-corrected chi connectivity index (χ3v) is 5.99. The van der Waals surface area contributed by atoms with E-state index in [1.54, 1.807) is 5.57 Å². The fraction of sp³-hybridized carbons (Fsp3) is 0.600. The average molecular weight is 355 g/mol. The van der Waals surface area contributed by atoms with E-state index >= 15 is 0 Å². The Morgan fingerprint density at radius 1 is 1.27 bits per heavy atom. The quantitative estimate of drug-likeness (QED) is 0.599. The van der Waals surface area contributed by atoms with Gasteiger partial charge in [-0.1, -0.05) is 57.6 Å². The van der Waals surface area contributed by atoms with Gasteiger partial charge in [0, 0.05) is 0 Å². The molecule has 0 amide bonds. The molecule has 0 saturated heterocycles. The highest BCUT2D eigenvalue weighted by atomic mass is 16.3. The van der Waals surface area contributed by atoms with Crippen LogP contribution in [0.3, 0.4) is 0 Å². The molecule has 1 N–H and O–H groups in total. The normalized spacial score (nSPS) is 19.7. The molecule has 26 heavy (non-hydrogen) atoms. The van der Waals surface area contributed by atoms with Gasteiger partial charge in [-0.25, -0.2) is 0 Å². The van der Waals surface area contributed by atoms with Crippen LogP contribution in [0.5, 0.6) is 0 Å². The van der Waals surface area contributed by atoms with Gasteiger partial charge in [0.15, 0.2) is 0 Å². The predicted octanol–water partition coefficient (Wildman–Crippen LogP) is 6.74. The number of allylic oxidation sites excluding steroid dienone is 1. The second-order valence-corrected chi connectivity index (χ2v) is 8.35. The zero-order chi connectivity index (χ0) is 19.5. The van der Waals surface area contributed by atoms with E-state index in [9.17, 15) is 5.11 Å². The first-order valence-corrected chi connectivity index (χ1v) is 10.6. The van der Waals surface area contributed by atoms with E-state index in [-0.39, 0.29) is 0 Å². The highest BCUT2D eigenvalue weighted by Crippen LogP contribution is 2.42. The monoisotopic (exact) mass is 354 g/mol. The zero-order valence-electron chi connectivity index (χ0n) is 17.8. The lowest BCUT2D eigenvalue weighted by molar-refractivity contribution is 0.0214. The van der Waals surface area contributed by atoms with E-state index in [0.29, 0.717) is 5.92 Å². The minimum absolute atomic E-state index is 0.321. The van der Waals surface area contributed by atoms with Crippen molar-refractivity contribution < 1.29 is 5.11 Å². The molecule has 0 heterocycles. The van der Waals surface area contributed by atoms with Crippen LogP contribution in [-0.2, 0) is 12.8 Å². The van der Waals surface area contributed by atoms with Gasteiger partial charge >= 0.3 is 0 Å². The maximum Gasteiger partial charge on any atom is 0.0626 e. The van der Waals surface area contributed by atoms with E-state index in [1.807, 2.05) is 33.8 Å². The van der Waals surface area contributed by atoms with Crippen molar-refractivity contribution in [1.82, 2.24) is 0 Å². The SMILES string of the molecule is C=Cc1cc2c(c(C)c1/C=C(\CCC)C1CC1)CC(C(C)(C)O)C2.CC. The van der Waals surface area contributed by atoms with Gasteiger partial charge in [-0.3, -0.25) is 0 Å². The minimum Gasteiger partial charge on any atom is -0.390 e. The fourth-order valence-electron chi connectivity index (χ4n) is 4.21. The Bertz CT molecular complexity index is 668. The number of hydrogen-bond donors (Lipinski definition) is 1. The Morgan fingerprint density at radius 2 is 1.92 bits per heavy atom. The van der Waals surface area contributed by atoms with Crippen molar-refractivity contribution in [3.63, 3.8) is 0 Å². The van der Waals surface area contributed by atoms with Crippen molar-refractivity contribution in [2.45, 2.75) is 85.7 Å². The third-order valence-electron chi connectivity index (χ3n) is 5.99. The first-order valence-electron chi connectivity index (χ1n) is 10.6. The zero-order valence-corrected chi connectivity index (χ0v) is 17.8. The first kappa shape index (κ1) is 21.0. The lowest BCUT2D eigenvalue weighted by Gasteiger charge is -2.25. The second-order valence-electron chi connectivity index (χ2n) is 8.35. The van der Waals surface area contributed by atoms with Crippen LogP contribution in [0.2, 0.25) is 0 Å². The van der Waals surface area contributed by atoms with Gasteiger partial charge in [0.25, 0.3) is 0 Å². The number of aliphatic hydroxyl groups is 1. The van der Waals surface area contributed by atoms with Crippen LogP contribution in [0.15, 0.2) is 18.2 Å². The molecule has 1 aromatic carbocycles. The number of fused-ring (bicyclic) bond motifs is 1. The summed E-state index contributed by atoms with van der Waals surface area (Å²) < 4.78 is 0. The Balaban J connectivity index is 0.00000117. The molecule has 0 bridgehead atoms. The van der Waals surface area contributed by atoms with Crippen molar-refractivity contribution in [2.24, 2.45) is 11.8 Å². The Morgan fingerprint density at radius 3 is 2.42 bits per heavy atom. The van der Waals surface area contributed by atoms with Gasteiger partial charge in [-0.15, -0.1) is 0 Å². The van der Waals surface area contributed by atoms with Gasteiger partial charge in [-0.05, 0) is 92.5 Å². The summed E-state index contributed by atoms with van der Waals surface area (Å²) in [6, 6.07) is 2.32. The molecule has 0 spiro atoms. The van der Waals surface area contributed by atoms with E-state index in [0.717, 1.165) is 18.8 Å².